The van der Waals surface area contributed by atoms with Crippen molar-refractivity contribution in [2.75, 3.05) is 13.2 Å². The maximum absolute atomic E-state index is 12.2. The highest BCUT2D eigenvalue weighted by atomic mass is 32.2. The summed E-state index contributed by atoms with van der Waals surface area (Å²) in [7, 11) is -3.50. The summed E-state index contributed by atoms with van der Waals surface area (Å²) < 4.78 is 32.4. The molecule has 0 aromatic carbocycles. The molecule has 0 spiro atoms. The van der Waals surface area contributed by atoms with Crippen LogP contribution in [0.1, 0.15) is 18.2 Å². The first-order valence-electron chi connectivity index (χ1n) is 5.35. The van der Waals surface area contributed by atoms with Crippen molar-refractivity contribution in [1.82, 2.24) is 4.72 Å². The van der Waals surface area contributed by atoms with Crippen LogP contribution in [0.25, 0.3) is 0 Å². The molecule has 1 fully saturated rings. The zero-order valence-electron chi connectivity index (χ0n) is 9.60. The van der Waals surface area contributed by atoms with Gasteiger partial charge >= 0.3 is 0 Å². The lowest BCUT2D eigenvalue weighted by Gasteiger charge is -2.23. The second kappa shape index (κ2) is 4.66. The summed E-state index contributed by atoms with van der Waals surface area (Å²) >= 11 is 1.36. The second-order valence-corrected chi connectivity index (χ2v) is 7.03. The molecule has 1 aromatic rings. The maximum Gasteiger partial charge on any atom is 0.242 e. The molecule has 17 heavy (non-hydrogen) atoms. The summed E-state index contributed by atoms with van der Waals surface area (Å²) in [4.78, 5) is 0.971. The van der Waals surface area contributed by atoms with Crippen molar-refractivity contribution in [3.8, 4) is 0 Å². The molecule has 1 atom stereocenters. The summed E-state index contributed by atoms with van der Waals surface area (Å²) in [6, 6.07) is 1.59. The van der Waals surface area contributed by atoms with Gasteiger partial charge in [-0.15, -0.1) is 11.3 Å². The van der Waals surface area contributed by atoms with Crippen LogP contribution in [-0.4, -0.2) is 27.2 Å². The normalized spacial score (nSPS) is 25.3. The fraction of sp³-hybridized carbons (Fsp3) is 0.600. The molecule has 1 aliphatic heterocycles. The molecule has 1 unspecified atom stereocenters. The van der Waals surface area contributed by atoms with Gasteiger partial charge in [0.15, 0.2) is 0 Å². The minimum absolute atomic E-state index is 0.237. The van der Waals surface area contributed by atoms with Crippen molar-refractivity contribution in [2.45, 2.75) is 30.3 Å². The number of sulfonamides is 1. The van der Waals surface area contributed by atoms with Gasteiger partial charge in [-0.1, -0.05) is 0 Å². The maximum atomic E-state index is 12.2. The number of hydrogen-bond acceptors (Lipinski definition) is 5. The van der Waals surface area contributed by atoms with E-state index >= 15 is 0 Å². The first-order chi connectivity index (χ1) is 7.97. The average Bonchev–Trinajstić information content (AvgIpc) is 2.85. The average molecular weight is 276 g/mol. The van der Waals surface area contributed by atoms with Gasteiger partial charge in [0.2, 0.25) is 10.0 Å². The fourth-order valence-corrected chi connectivity index (χ4v) is 4.60. The molecule has 0 amide bonds. The van der Waals surface area contributed by atoms with E-state index in [4.69, 9.17) is 10.5 Å². The van der Waals surface area contributed by atoms with Crippen molar-refractivity contribution < 1.29 is 13.2 Å². The minimum Gasteiger partial charge on any atom is -0.379 e. The van der Waals surface area contributed by atoms with E-state index in [-0.39, 0.29) is 11.4 Å². The van der Waals surface area contributed by atoms with Crippen molar-refractivity contribution in [3.63, 3.8) is 0 Å². The van der Waals surface area contributed by atoms with Crippen molar-refractivity contribution in [2.24, 2.45) is 5.73 Å². The first kappa shape index (κ1) is 13.0. The van der Waals surface area contributed by atoms with E-state index in [0.29, 0.717) is 24.5 Å². The Morgan fingerprint density at radius 3 is 3.00 bits per heavy atom. The second-order valence-electron chi connectivity index (χ2n) is 4.38. The zero-order valence-corrected chi connectivity index (χ0v) is 11.2. The predicted molar refractivity (Wildman–Crippen MR) is 66.4 cm³/mol. The lowest BCUT2D eigenvalue weighted by atomic mass is 10.0. The van der Waals surface area contributed by atoms with Crippen LogP contribution in [0.4, 0.5) is 0 Å². The molecule has 0 bridgehead atoms. The van der Waals surface area contributed by atoms with E-state index in [1.54, 1.807) is 11.4 Å². The van der Waals surface area contributed by atoms with Crippen LogP contribution in [0.2, 0.25) is 0 Å². The summed E-state index contributed by atoms with van der Waals surface area (Å²) in [6.45, 7) is 3.09. The molecule has 7 heteroatoms. The van der Waals surface area contributed by atoms with Gasteiger partial charge in [0.25, 0.3) is 0 Å². The predicted octanol–water partition coefficient (Wildman–Crippen LogP) is 0.664. The van der Waals surface area contributed by atoms with E-state index in [1.165, 1.54) is 11.3 Å². The lowest BCUT2D eigenvalue weighted by Crippen LogP contribution is -2.46. The van der Waals surface area contributed by atoms with Crippen LogP contribution in [0.3, 0.4) is 0 Å². The van der Waals surface area contributed by atoms with Crippen molar-refractivity contribution in [1.29, 1.82) is 0 Å². The number of rotatable bonds is 4. The van der Waals surface area contributed by atoms with Gasteiger partial charge in [-0.2, -0.15) is 0 Å². The van der Waals surface area contributed by atoms with Gasteiger partial charge < -0.3 is 10.5 Å². The molecule has 0 saturated carbocycles. The van der Waals surface area contributed by atoms with Gasteiger partial charge in [0, 0.05) is 18.0 Å². The molecule has 0 aliphatic carbocycles. The summed E-state index contributed by atoms with van der Waals surface area (Å²) in [6.07, 6.45) is 0.689. The van der Waals surface area contributed by atoms with Gasteiger partial charge in [0.05, 0.1) is 17.0 Å². The van der Waals surface area contributed by atoms with Crippen molar-refractivity contribution in [3.05, 3.63) is 16.3 Å². The Balaban J connectivity index is 2.25. The Morgan fingerprint density at radius 1 is 1.65 bits per heavy atom. The third kappa shape index (κ3) is 2.69. The molecule has 1 aliphatic rings. The number of thiophene rings is 1. The Hall–Kier alpha value is -0.470. The molecule has 5 nitrogen and oxygen atoms in total. The summed E-state index contributed by atoms with van der Waals surface area (Å²) in [5.41, 5.74) is 5.02. The third-order valence-corrected chi connectivity index (χ3v) is 5.57. The SMILES string of the molecule is CC1(NS(=O)(=O)c2ccsc2CN)CCOC1. The number of hydrogen-bond donors (Lipinski definition) is 2. The van der Waals surface area contributed by atoms with Crippen LogP contribution in [0, 0.1) is 0 Å². The van der Waals surface area contributed by atoms with E-state index in [9.17, 15) is 8.42 Å². The smallest absolute Gasteiger partial charge is 0.242 e. The van der Waals surface area contributed by atoms with E-state index in [2.05, 4.69) is 4.72 Å². The Labute approximate surface area is 105 Å². The monoisotopic (exact) mass is 276 g/mol. The first-order valence-corrected chi connectivity index (χ1v) is 7.71. The molecule has 2 rings (SSSR count). The molecule has 2 heterocycles. The van der Waals surface area contributed by atoms with E-state index in [0.717, 1.165) is 0 Å². The summed E-state index contributed by atoms with van der Waals surface area (Å²) in [5.74, 6) is 0. The molecule has 1 saturated heterocycles. The Kier molecular flexibility index (Phi) is 3.55. The van der Waals surface area contributed by atoms with Crippen LogP contribution < -0.4 is 10.5 Å². The highest BCUT2D eigenvalue weighted by Crippen LogP contribution is 2.25. The molecular weight excluding hydrogens is 260 g/mol. The van der Waals surface area contributed by atoms with Gasteiger partial charge in [0.1, 0.15) is 0 Å². The number of nitrogens with one attached hydrogen (secondary N) is 1. The molecule has 3 N–H and O–H groups in total. The lowest BCUT2D eigenvalue weighted by molar-refractivity contribution is 0.178. The van der Waals surface area contributed by atoms with Crippen molar-refractivity contribution >= 4 is 21.4 Å². The molecule has 1 aromatic heterocycles. The molecule has 96 valence electrons. The third-order valence-electron chi connectivity index (χ3n) is 2.78. The highest BCUT2D eigenvalue weighted by Gasteiger charge is 2.35. The Bertz CT molecular complexity index is 489. The molecular formula is C10H16N2O3S2. The topological polar surface area (TPSA) is 81.4 Å². The van der Waals surface area contributed by atoms with Gasteiger partial charge in [-0.05, 0) is 24.8 Å². The largest absolute Gasteiger partial charge is 0.379 e. The van der Waals surface area contributed by atoms with E-state index < -0.39 is 15.6 Å². The fourth-order valence-electron chi connectivity index (χ4n) is 1.84. The molecule has 0 radical (unpaired) electrons. The van der Waals surface area contributed by atoms with Crippen LogP contribution in [-0.2, 0) is 21.3 Å². The number of ether oxygens (including phenoxy) is 1. The van der Waals surface area contributed by atoms with Crippen LogP contribution in [0.5, 0.6) is 0 Å². The van der Waals surface area contributed by atoms with Gasteiger partial charge in [-0.25, -0.2) is 13.1 Å². The summed E-state index contributed by atoms with van der Waals surface area (Å²) in [5, 5.41) is 1.74. The minimum atomic E-state index is -3.50. The van der Waals surface area contributed by atoms with E-state index in [1.807, 2.05) is 6.92 Å². The standard InChI is InChI=1S/C10H16N2O3S2/c1-10(3-4-15-7-10)12-17(13,14)9-2-5-16-8(9)6-11/h2,5,12H,3-4,6-7,11H2,1H3. The Morgan fingerprint density at radius 2 is 2.41 bits per heavy atom. The highest BCUT2D eigenvalue weighted by molar-refractivity contribution is 7.89. The van der Waals surface area contributed by atoms with Crippen LogP contribution in [0.15, 0.2) is 16.3 Å². The number of nitrogens with two attached hydrogens (primary N) is 1. The zero-order chi connectivity index (χ0) is 12.5. The van der Waals surface area contributed by atoms with Gasteiger partial charge in [-0.3, -0.25) is 0 Å². The quantitative estimate of drug-likeness (QED) is 0.846. The van der Waals surface area contributed by atoms with Crippen LogP contribution >= 0.6 is 11.3 Å².